The molecule has 0 unspecified atom stereocenters. The first-order chi connectivity index (χ1) is 7.99. The molecule has 0 aromatic carbocycles. The molecule has 0 radical (unpaired) electrons. The molecule has 0 heterocycles. The van der Waals surface area contributed by atoms with Crippen molar-refractivity contribution in [3.8, 4) is 0 Å². The third kappa shape index (κ3) is 4.73. The van der Waals surface area contributed by atoms with E-state index < -0.39 is 10.2 Å². The maximum absolute atomic E-state index is 11.9. The molecule has 0 spiro atoms. The SMILES string of the molecule is CCN(CC)S(=O)(=O)NCC1CCC(Cl)CC1. The summed E-state index contributed by atoms with van der Waals surface area (Å²) in [5, 5.41) is 0.283. The fourth-order valence-corrected chi connectivity index (χ4v) is 3.76. The first kappa shape index (κ1) is 15.2. The van der Waals surface area contributed by atoms with Gasteiger partial charge in [0.1, 0.15) is 0 Å². The van der Waals surface area contributed by atoms with Crippen LogP contribution in [0.1, 0.15) is 39.5 Å². The van der Waals surface area contributed by atoms with Crippen molar-refractivity contribution in [1.29, 1.82) is 0 Å². The average Bonchev–Trinajstić information content (AvgIpc) is 2.29. The highest BCUT2D eigenvalue weighted by atomic mass is 35.5. The monoisotopic (exact) mass is 282 g/mol. The minimum atomic E-state index is -3.29. The van der Waals surface area contributed by atoms with Crippen LogP contribution in [-0.2, 0) is 10.2 Å². The second kappa shape index (κ2) is 6.92. The zero-order chi connectivity index (χ0) is 12.9. The fraction of sp³-hybridized carbons (Fsp3) is 1.00. The molecular weight excluding hydrogens is 260 g/mol. The Morgan fingerprint density at radius 1 is 1.18 bits per heavy atom. The maximum Gasteiger partial charge on any atom is 0.279 e. The Bertz CT molecular complexity index is 309. The number of hydrogen-bond acceptors (Lipinski definition) is 2. The van der Waals surface area contributed by atoms with Crippen molar-refractivity contribution in [2.45, 2.75) is 44.9 Å². The third-order valence-corrected chi connectivity index (χ3v) is 5.54. The van der Waals surface area contributed by atoms with Gasteiger partial charge in [-0.1, -0.05) is 13.8 Å². The zero-order valence-corrected chi connectivity index (χ0v) is 12.2. The first-order valence-electron chi connectivity index (χ1n) is 6.38. The Morgan fingerprint density at radius 2 is 1.71 bits per heavy atom. The van der Waals surface area contributed by atoms with E-state index in [9.17, 15) is 8.42 Å². The van der Waals surface area contributed by atoms with Crippen LogP contribution in [0.2, 0.25) is 0 Å². The van der Waals surface area contributed by atoms with Gasteiger partial charge < -0.3 is 0 Å². The molecule has 0 aromatic heterocycles. The van der Waals surface area contributed by atoms with Crippen LogP contribution in [0.5, 0.6) is 0 Å². The largest absolute Gasteiger partial charge is 0.279 e. The second-order valence-corrected chi connectivity index (χ2v) is 6.93. The molecule has 1 N–H and O–H groups in total. The quantitative estimate of drug-likeness (QED) is 0.757. The molecule has 0 amide bonds. The lowest BCUT2D eigenvalue weighted by molar-refractivity contribution is 0.354. The van der Waals surface area contributed by atoms with E-state index >= 15 is 0 Å². The lowest BCUT2D eigenvalue weighted by atomic mass is 9.89. The Kier molecular flexibility index (Phi) is 6.20. The number of nitrogens with one attached hydrogen (secondary N) is 1. The van der Waals surface area contributed by atoms with Gasteiger partial charge in [-0.2, -0.15) is 12.7 Å². The number of alkyl halides is 1. The Balaban J connectivity index is 2.39. The molecule has 0 saturated heterocycles. The number of halogens is 1. The normalized spacial score (nSPS) is 26.4. The van der Waals surface area contributed by atoms with Crippen LogP contribution < -0.4 is 4.72 Å². The van der Waals surface area contributed by atoms with E-state index in [1.807, 2.05) is 13.8 Å². The molecule has 0 bridgehead atoms. The average molecular weight is 283 g/mol. The van der Waals surface area contributed by atoms with Gasteiger partial charge in [-0.15, -0.1) is 11.6 Å². The van der Waals surface area contributed by atoms with Crippen LogP contribution in [-0.4, -0.2) is 37.7 Å². The van der Waals surface area contributed by atoms with E-state index in [4.69, 9.17) is 11.6 Å². The van der Waals surface area contributed by atoms with Gasteiger partial charge in [-0.25, -0.2) is 4.72 Å². The standard InChI is InChI=1S/C11H23ClN2O2S/c1-3-14(4-2)17(15,16)13-9-10-5-7-11(12)8-6-10/h10-11,13H,3-9H2,1-2H3. The molecule has 17 heavy (non-hydrogen) atoms. The smallest absolute Gasteiger partial charge is 0.202 e. The molecule has 1 aliphatic rings. The molecule has 1 saturated carbocycles. The summed E-state index contributed by atoms with van der Waals surface area (Å²) < 4.78 is 27.9. The van der Waals surface area contributed by atoms with E-state index in [2.05, 4.69) is 4.72 Å². The Morgan fingerprint density at radius 3 is 2.18 bits per heavy atom. The molecule has 0 aliphatic heterocycles. The summed E-state index contributed by atoms with van der Waals surface area (Å²) in [7, 11) is -3.29. The highest BCUT2D eigenvalue weighted by Gasteiger charge is 2.23. The summed E-state index contributed by atoms with van der Waals surface area (Å²) in [5.41, 5.74) is 0. The van der Waals surface area contributed by atoms with Gasteiger partial charge in [-0.3, -0.25) is 0 Å². The van der Waals surface area contributed by atoms with Crippen LogP contribution in [0.15, 0.2) is 0 Å². The zero-order valence-electron chi connectivity index (χ0n) is 10.7. The maximum atomic E-state index is 11.9. The van der Waals surface area contributed by atoms with Crippen LogP contribution >= 0.6 is 11.6 Å². The van der Waals surface area contributed by atoms with Crippen LogP contribution in [0, 0.1) is 5.92 Å². The van der Waals surface area contributed by atoms with E-state index in [0.29, 0.717) is 25.6 Å². The topological polar surface area (TPSA) is 49.4 Å². The van der Waals surface area contributed by atoms with Gasteiger partial charge in [0.25, 0.3) is 10.2 Å². The van der Waals surface area contributed by atoms with Gasteiger partial charge in [0.2, 0.25) is 0 Å². The van der Waals surface area contributed by atoms with E-state index in [0.717, 1.165) is 25.7 Å². The summed E-state index contributed by atoms with van der Waals surface area (Å²) in [4.78, 5) is 0. The molecular formula is C11H23ClN2O2S. The van der Waals surface area contributed by atoms with Crippen molar-refractivity contribution >= 4 is 21.8 Å². The van der Waals surface area contributed by atoms with Crippen molar-refractivity contribution in [2.24, 2.45) is 5.92 Å². The third-order valence-electron chi connectivity index (χ3n) is 3.38. The second-order valence-electron chi connectivity index (χ2n) is 4.56. The predicted molar refractivity (Wildman–Crippen MR) is 71.4 cm³/mol. The van der Waals surface area contributed by atoms with Crippen molar-refractivity contribution in [1.82, 2.24) is 9.03 Å². The molecule has 1 aliphatic carbocycles. The van der Waals surface area contributed by atoms with Crippen molar-refractivity contribution in [3.05, 3.63) is 0 Å². The van der Waals surface area contributed by atoms with Gasteiger partial charge in [-0.05, 0) is 31.6 Å². The molecule has 102 valence electrons. The number of hydrogen-bond donors (Lipinski definition) is 1. The summed E-state index contributed by atoms with van der Waals surface area (Å²) in [6.07, 6.45) is 4.04. The fourth-order valence-electron chi connectivity index (χ4n) is 2.20. The van der Waals surface area contributed by atoms with Crippen LogP contribution in [0.4, 0.5) is 0 Å². The summed E-state index contributed by atoms with van der Waals surface area (Å²) >= 11 is 6.02. The van der Waals surface area contributed by atoms with Gasteiger partial charge in [0.15, 0.2) is 0 Å². The molecule has 0 atom stereocenters. The van der Waals surface area contributed by atoms with Gasteiger partial charge in [0, 0.05) is 25.0 Å². The lowest BCUT2D eigenvalue weighted by Crippen LogP contribution is -2.42. The highest BCUT2D eigenvalue weighted by Crippen LogP contribution is 2.27. The van der Waals surface area contributed by atoms with Gasteiger partial charge in [0.05, 0.1) is 0 Å². The summed E-state index contributed by atoms with van der Waals surface area (Å²) in [5.74, 6) is 0.440. The Labute approximate surface area is 110 Å². The summed E-state index contributed by atoms with van der Waals surface area (Å²) in [6, 6.07) is 0. The first-order valence-corrected chi connectivity index (χ1v) is 8.26. The van der Waals surface area contributed by atoms with Crippen molar-refractivity contribution < 1.29 is 8.42 Å². The predicted octanol–water partition coefficient (Wildman–Crippen LogP) is 1.96. The van der Waals surface area contributed by atoms with E-state index in [1.54, 1.807) is 0 Å². The number of nitrogens with zero attached hydrogens (tertiary/aromatic N) is 1. The molecule has 0 aromatic rings. The van der Waals surface area contributed by atoms with E-state index in [-0.39, 0.29) is 5.38 Å². The Hall–Kier alpha value is 0.160. The summed E-state index contributed by atoms with van der Waals surface area (Å²) in [6.45, 7) is 5.27. The lowest BCUT2D eigenvalue weighted by Gasteiger charge is -2.26. The molecule has 6 heteroatoms. The number of rotatable bonds is 6. The molecule has 4 nitrogen and oxygen atoms in total. The molecule has 1 fully saturated rings. The minimum absolute atomic E-state index is 0.283. The van der Waals surface area contributed by atoms with Crippen LogP contribution in [0.25, 0.3) is 0 Å². The molecule has 1 rings (SSSR count). The minimum Gasteiger partial charge on any atom is -0.202 e. The van der Waals surface area contributed by atoms with E-state index in [1.165, 1.54) is 4.31 Å². The van der Waals surface area contributed by atoms with Gasteiger partial charge >= 0.3 is 0 Å². The van der Waals surface area contributed by atoms with Crippen molar-refractivity contribution in [3.63, 3.8) is 0 Å². The van der Waals surface area contributed by atoms with Crippen molar-refractivity contribution in [2.75, 3.05) is 19.6 Å². The van der Waals surface area contributed by atoms with Crippen LogP contribution in [0.3, 0.4) is 0 Å². The highest BCUT2D eigenvalue weighted by molar-refractivity contribution is 7.87.